The summed E-state index contributed by atoms with van der Waals surface area (Å²) in [4.78, 5) is 53.6. The molecule has 1 aliphatic rings. The molecule has 1 aliphatic heterocycles. The number of hydrogen-bond donors (Lipinski definition) is 2. The van der Waals surface area contributed by atoms with E-state index in [1.165, 1.54) is 23.0 Å². The number of unbranched alkanes of at least 4 members (excludes halogenated alkanes) is 1. The molecule has 1 atom stereocenters. The van der Waals surface area contributed by atoms with Gasteiger partial charge in [-0.3, -0.25) is 23.5 Å². The van der Waals surface area contributed by atoms with E-state index in [0.717, 1.165) is 17.4 Å². The van der Waals surface area contributed by atoms with Gasteiger partial charge in [0.15, 0.2) is 5.13 Å². The SMILES string of the molecule is CCCCn1c2c(c(=O)n(C)c1=O)[C@@H](CC(=O)Nc1nccs1)C(=O)N2. The van der Waals surface area contributed by atoms with Crippen LogP contribution in [0, 0.1) is 0 Å². The van der Waals surface area contributed by atoms with Gasteiger partial charge in [-0.25, -0.2) is 9.78 Å². The van der Waals surface area contributed by atoms with Gasteiger partial charge in [0, 0.05) is 31.6 Å². The molecule has 3 rings (SSSR count). The monoisotopic (exact) mass is 377 g/mol. The maximum atomic E-state index is 12.6. The normalized spacial score (nSPS) is 15.6. The van der Waals surface area contributed by atoms with E-state index in [2.05, 4.69) is 15.6 Å². The van der Waals surface area contributed by atoms with Gasteiger partial charge >= 0.3 is 5.69 Å². The molecule has 0 radical (unpaired) electrons. The highest BCUT2D eigenvalue weighted by molar-refractivity contribution is 7.13. The maximum absolute atomic E-state index is 12.6. The number of nitrogens with one attached hydrogen (secondary N) is 2. The second-order valence-electron chi connectivity index (χ2n) is 6.05. The molecular weight excluding hydrogens is 358 g/mol. The second kappa shape index (κ2) is 7.24. The number of anilines is 2. The molecule has 2 aromatic heterocycles. The Kier molecular flexibility index (Phi) is 5.03. The molecule has 138 valence electrons. The van der Waals surface area contributed by atoms with Crippen LogP contribution in [0.25, 0.3) is 0 Å². The summed E-state index contributed by atoms with van der Waals surface area (Å²) < 4.78 is 2.39. The summed E-state index contributed by atoms with van der Waals surface area (Å²) in [7, 11) is 1.38. The van der Waals surface area contributed by atoms with Gasteiger partial charge in [-0.05, 0) is 6.42 Å². The Morgan fingerprint density at radius 1 is 1.38 bits per heavy atom. The van der Waals surface area contributed by atoms with Crippen molar-refractivity contribution in [2.75, 3.05) is 10.6 Å². The Morgan fingerprint density at radius 2 is 2.15 bits per heavy atom. The first-order valence-corrected chi connectivity index (χ1v) is 9.16. The van der Waals surface area contributed by atoms with E-state index in [1.54, 1.807) is 11.6 Å². The molecule has 0 unspecified atom stereocenters. The van der Waals surface area contributed by atoms with E-state index in [-0.39, 0.29) is 17.8 Å². The maximum Gasteiger partial charge on any atom is 0.332 e. The Labute approximate surface area is 152 Å². The van der Waals surface area contributed by atoms with Gasteiger partial charge in [-0.15, -0.1) is 11.3 Å². The molecule has 0 aromatic carbocycles. The number of rotatable bonds is 6. The lowest BCUT2D eigenvalue weighted by Crippen LogP contribution is -2.40. The summed E-state index contributed by atoms with van der Waals surface area (Å²) in [6.45, 7) is 2.38. The van der Waals surface area contributed by atoms with Crippen LogP contribution in [-0.2, 0) is 23.2 Å². The van der Waals surface area contributed by atoms with Crippen molar-refractivity contribution >= 4 is 34.1 Å². The fourth-order valence-electron chi connectivity index (χ4n) is 2.93. The lowest BCUT2D eigenvalue weighted by molar-refractivity contribution is -0.122. The van der Waals surface area contributed by atoms with Crippen molar-refractivity contribution in [3.63, 3.8) is 0 Å². The second-order valence-corrected chi connectivity index (χ2v) is 6.94. The molecule has 0 fully saturated rings. The summed E-state index contributed by atoms with van der Waals surface area (Å²) in [5, 5.41) is 7.36. The predicted molar refractivity (Wildman–Crippen MR) is 97.6 cm³/mol. The van der Waals surface area contributed by atoms with Gasteiger partial charge in [0.25, 0.3) is 5.56 Å². The number of thiazole rings is 1. The minimum Gasteiger partial charge on any atom is -0.311 e. The van der Waals surface area contributed by atoms with E-state index in [1.807, 2.05) is 6.92 Å². The first-order valence-electron chi connectivity index (χ1n) is 8.28. The van der Waals surface area contributed by atoms with Crippen LogP contribution in [-0.4, -0.2) is 25.9 Å². The van der Waals surface area contributed by atoms with Gasteiger partial charge in [-0.2, -0.15) is 0 Å². The van der Waals surface area contributed by atoms with Crippen molar-refractivity contribution in [3.05, 3.63) is 38.0 Å². The number of amides is 2. The molecule has 3 heterocycles. The zero-order valence-electron chi connectivity index (χ0n) is 14.4. The average molecular weight is 377 g/mol. The lowest BCUT2D eigenvalue weighted by atomic mass is 9.99. The fraction of sp³-hybridized carbons (Fsp3) is 0.438. The molecule has 0 aliphatic carbocycles. The first-order chi connectivity index (χ1) is 12.4. The third-order valence-electron chi connectivity index (χ3n) is 4.29. The van der Waals surface area contributed by atoms with Gasteiger partial charge in [-0.1, -0.05) is 13.3 Å². The van der Waals surface area contributed by atoms with E-state index < -0.39 is 29.0 Å². The fourth-order valence-corrected chi connectivity index (χ4v) is 3.48. The minimum atomic E-state index is -0.933. The topological polar surface area (TPSA) is 115 Å². The summed E-state index contributed by atoms with van der Waals surface area (Å²) in [5.74, 6) is -1.59. The number of hydrogen-bond acceptors (Lipinski definition) is 6. The molecule has 0 spiro atoms. The number of nitrogens with zero attached hydrogens (tertiary/aromatic N) is 3. The van der Waals surface area contributed by atoms with Crippen LogP contribution in [0.2, 0.25) is 0 Å². The predicted octanol–water partition coefficient (Wildman–Crippen LogP) is 0.868. The molecule has 9 nitrogen and oxygen atoms in total. The van der Waals surface area contributed by atoms with Crippen LogP contribution in [0.4, 0.5) is 10.9 Å². The van der Waals surface area contributed by atoms with Crippen LogP contribution in [0.3, 0.4) is 0 Å². The standard InChI is InChI=1S/C16H19N5O4S/c1-3-4-6-21-12-11(14(24)20(2)16(21)25)9(13(23)19-12)8-10(22)18-15-17-5-7-26-15/h5,7,9H,3-4,6,8H2,1-2H3,(H,19,23)(H,17,18,22)/t9-/m1/s1. The highest BCUT2D eigenvalue weighted by Crippen LogP contribution is 2.31. The summed E-state index contributed by atoms with van der Waals surface area (Å²) in [6, 6.07) is 0. The first kappa shape index (κ1) is 18.1. The van der Waals surface area contributed by atoms with Gasteiger partial charge in [0.2, 0.25) is 11.8 Å². The van der Waals surface area contributed by atoms with E-state index in [4.69, 9.17) is 0 Å². The molecular formula is C16H19N5O4S. The quantitative estimate of drug-likeness (QED) is 0.775. The van der Waals surface area contributed by atoms with Crippen LogP contribution in [0.1, 0.15) is 37.7 Å². The highest BCUT2D eigenvalue weighted by atomic mass is 32.1. The van der Waals surface area contributed by atoms with Crippen molar-refractivity contribution in [2.45, 2.75) is 38.6 Å². The Balaban J connectivity index is 1.95. The van der Waals surface area contributed by atoms with Crippen LogP contribution in [0.5, 0.6) is 0 Å². The minimum absolute atomic E-state index is 0.169. The zero-order valence-corrected chi connectivity index (χ0v) is 15.3. The molecule has 2 aromatic rings. The molecule has 2 amide bonds. The van der Waals surface area contributed by atoms with E-state index in [0.29, 0.717) is 11.7 Å². The molecule has 10 heteroatoms. The average Bonchev–Trinajstić information content (AvgIpc) is 3.21. The third kappa shape index (κ3) is 3.19. The molecule has 26 heavy (non-hydrogen) atoms. The Hall–Kier alpha value is -2.75. The number of carbonyl (C=O) groups is 2. The lowest BCUT2D eigenvalue weighted by Gasteiger charge is -2.13. The van der Waals surface area contributed by atoms with Gasteiger partial charge < -0.3 is 10.6 Å². The van der Waals surface area contributed by atoms with Crippen molar-refractivity contribution in [2.24, 2.45) is 7.05 Å². The Bertz CT molecular complexity index is 960. The van der Waals surface area contributed by atoms with E-state index >= 15 is 0 Å². The summed E-state index contributed by atoms with van der Waals surface area (Å²) >= 11 is 1.26. The number of carbonyl (C=O) groups excluding carboxylic acids is 2. The smallest absolute Gasteiger partial charge is 0.311 e. The molecule has 0 saturated heterocycles. The largest absolute Gasteiger partial charge is 0.332 e. The Morgan fingerprint density at radius 3 is 2.81 bits per heavy atom. The molecule has 0 saturated carbocycles. The summed E-state index contributed by atoms with van der Waals surface area (Å²) in [6.07, 6.45) is 2.95. The van der Waals surface area contributed by atoms with Crippen LogP contribution < -0.4 is 21.9 Å². The van der Waals surface area contributed by atoms with Crippen LogP contribution >= 0.6 is 11.3 Å². The van der Waals surface area contributed by atoms with Crippen molar-refractivity contribution in [1.82, 2.24) is 14.1 Å². The van der Waals surface area contributed by atoms with E-state index in [9.17, 15) is 19.2 Å². The van der Waals surface area contributed by atoms with Crippen LogP contribution in [0.15, 0.2) is 21.2 Å². The van der Waals surface area contributed by atoms with Crippen molar-refractivity contribution in [3.8, 4) is 0 Å². The highest BCUT2D eigenvalue weighted by Gasteiger charge is 2.38. The molecule has 2 N–H and O–H groups in total. The number of aromatic nitrogens is 3. The summed E-state index contributed by atoms with van der Waals surface area (Å²) in [5.41, 5.74) is -0.860. The number of fused-ring (bicyclic) bond motifs is 1. The molecule has 0 bridgehead atoms. The van der Waals surface area contributed by atoms with Crippen molar-refractivity contribution < 1.29 is 9.59 Å². The zero-order chi connectivity index (χ0) is 18.8. The third-order valence-corrected chi connectivity index (χ3v) is 4.98. The van der Waals surface area contributed by atoms with Gasteiger partial charge in [0.1, 0.15) is 5.82 Å². The van der Waals surface area contributed by atoms with Gasteiger partial charge in [0.05, 0.1) is 11.5 Å². The van der Waals surface area contributed by atoms with Crippen molar-refractivity contribution in [1.29, 1.82) is 0 Å².